The second-order valence-electron chi connectivity index (χ2n) is 5.61. The van der Waals surface area contributed by atoms with Gasteiger partial charge in [0.25, 0.3) is 0 Å². The molecule has 0 atom stereocenters. The first-order valence-electron chi connectivity index (χ1n) is 7.58. The van der Waals surface area contributed by atoms with E-state index in [4.69, 9.17) is 12.2 Å². The minimum absolute atomic E-state index is 0.494. The van der Waals surface area contributed by atoms with Crippen LogP contribution in [0.1, 0.15) is 37.7 Å². The van der Waals surface area contributed by atoms with E-state index in [0.717, 1.165) is 20.9 Å². The average Bonchev–Trinajstić information content (AvgIpc) is 2.91. The molecule has 0 amide bonds. The van der Waals surface area contributed by atoms with Gasteiger partial charge < -0.3 is 10.3 Å². The Morgan fingerprint density at radius 3 is 2.95 bits per heavy atom. The fourth-order valence-corrected chi connectivity index (χ4v) is 3.43. The van der Waals surface area contributed by atoms with Crippen LogP contribution in [0.15, 0.2) is 34.0 Å². The molecule has 0 saturated heterocycles. The first-order chi connectivity index (χ1) is 10.7. The third-order valence-corrected chi connectivity index (χ3v) is 4.69. The van der Waals surface area contributed by atoms with Crippen LogP contribution in [-0.4, -0.2) is 22.4 Å². The second kappa shape index (κ2) is 7.24. The number of aromatic amines is 1. The number of aromatic nitrogens is 1. The fourth-order valence-electron chi connectivity index (χ4n) is 2.85. The zero-order valence-corrected chi connectivity index (χ0v) is 14.6. The van der Waals surface area contributed by atoms with Gasteiger partial charge in [0.2, 0.25) is 0 Å². The van der Waals surface area contributed by atoms with Gasteiger partial charge >= 0.3 is 0 Å². The molecule has 1 saturated carbocycles. The van der Waals surface area contributed by atoms with Crippen LogP contribution in [-0.2, 0) is 0 Å². The summed E-state index contributed by atoms with van der Waals surface area (Å²) >= 11 is 8.79. The van der Waals surface area contributed by atoms with Gasteiger partial charge in [0, 0.05) is 33.2 Å². The molecule has 1 aliphatic carbocycles. The normalized spacial score (nSPS) is 16.2. The zero-order chi connectivity index (χ0) is 15.4. The molecule has 0 spiro atoms. The minimum atomic E-state index is 0.494. The van der Waals surface area contributed by atoms with Crippen LogP contribution in [0.2, 0.25) is 0 Å². The molecule has 0 unspecified atom stereocenters. The Morgan fingerprint density at radius 1 is 1.32 bits per heavy atom. The third kappa shape index (κ3) is 3.87. The Morgan fingerprint density at radius 2 is 2.14 bits per heavy atom. The molecule has 116 valence electrons. The lowest BCUT2D eigenvalue weighted by Gasteiger charge is -2.23. The van der Waals surface area contributed by atoms with Crippen molar-refractivity contribution >= 4 is 50.4 Å². The van der Waals surface area contributed by atoms with Crippen molar-refractivity contribution in [2.75, 3.05) is 0 Å². The minimum Gasteiger partial charge on any atom is -0.361 e. The molecule has 0 aliphatic heterocycles. The van der Waals surface area contributed by atoms with E-state index in [1.54, 1.807) is 6.21 Å². The second-order valence-corrected chi connectivity index (χ2v) is 6.94. The van der Waals surface area contributed by atoms with E-state index < -0.39 is 0 Å². The molecule has 2 aromatic rings. The van der Waals surface area contributed by atoms with Crippen LogP contribution in [0.3, 0.4) is 0 Å². The van der Waals surface area contributed by atoms with E-state index in [1.807, 2.05) is 18.3 Å². The number of thiocarbonyl (C=S) groups is 1. The highest BCUT2D eigenvalue weighted by Crippen LogP contribution is 2.21. The quantitative estimate of drug-likeness (QED) is 0.428. The summed E-state index contributed by atoms with van der Waals surface area (Å²) in [6.07, 6.45) is 10.0. The van der Waals surface area contributed by atoms with Crippen molar-refractivity contribution in [3.05, 3.63) is 34.4 Å². The molecule has 3 N–H and O–H groups in total. The molecule has 3 rings (SSSR count). The SMILES string of the molecule is S=C(NN=Cc1c[nH]c2ccc(Br)cc12)NC1CCCCC1. The number of nitrogens with one attached hydrogen (secondary N) is 3. The highest BCUT2D eigenvalue weighted by atomic mass is 79.9. The standard InChI is InChI=1S/C16H19BrN4S/c17-12-6-7-15-14(8-12)11(9-18-15)10-19-21-16(22)20-13-4-2-1-3-5-13/h6-10,13,18H,1-5H2,(H2,20,21,22). The number of benzene rings is 1. The Hall–Kier alpha value is -1.40. The summed E-state index contributed by atoms with van der Waals surface area (Å²) < 4.78 is 1.05. The van der Waals surface area contributed by atoms with Crippen molar-refractivity contribution in [3.63, 3.8) is 0 Å². The topological polar surface area (TPSA) is 52.2 Å². The smallest absolute Gasteiger partial charge is 0.187 e. The third-order valence-electron chi connectivity index (χ3n) is 3.99. The summed E-state index contributed by atoms with van der Waals surface area (Å²) in [5.41, 5.74) is 5.03. The monoisotopic (exact) mass is 378 g/mol. The Bertz CT molecular complexity index is 689. The lowest BCUT2D eigenvalue weighted by Crippen LogP contribution is -2.40. The van der Waals surface area contributed by atoms with E-state index in [2.05, 4.69) is 42.8 Å². The highest BCUT2D eigenvalue weighted by molar-refractivity contribution is 9.10. The average molecular weight is 379 g/mol. The van der Waals surface area contributed by atoms with Crippen LogP contribution in [0, 0.1) is 0 Å². The van der Waals surface area contributed by atoms with Gasteiger partial charge in [0.05, 0.1) is 6.21 Å². The largest absolute Gasteiger partial charge is 0.361 e. The first kappa shape index (κ1) is 15.5. The molecule has 0 bridgehead atoms. The highest BCUT2D eigenvalue weighted by Gasteiger charge is 2.13. The molecular formula is C16H19BrN4S. The summed E-state index contributed by atoms with van der Waals surface area (Å²) in [5.74, 6) is 0. The molecule has 22 heavy (non-hydrogen) atoms. The van der Waals surface area contributed by atoms with Gasteiger partial charge in [-0.2, -0.15) is 5.10 Å². The number of fused-ring (bicyclic) bond motifs is 1. The Balaban J connectivity index is 1.58. The van der Waals surface area contributed by atoms with Crippen molar-refractivity contribution in [2.24, 2.45) is 5.10 Å². The van der Waals surface area contributed by atoms with Gasteiger partial charge in [0.15, 0.2) is 5.11 Å². The Kier molecular flexibility index (Phi) is 5.10. The Labute approximate surface area is 143 Å². The number of rotatable bonds is 3. The molecule has 1 aliphatic rings. The van der Waals surface area contributed by atoms with E-state index in [1.165, 1.54) is 32.1 Å². The summed E-state index contributed by atoms with van der Waals surface area (Å²) in [6, 6.07) is 6.62. The molecule has 1 aromatic heterocycles. The lowest BCUT2D eigenvalue weighted by molar-refractivity contribution is 0.412. The van der Waals surface area contributed by atoms with Gasteiger partial charge in [-0.25, -0.2) is 0 Å². The summed E-state index contributed by atoms with van der Waals surface area (Å²) in [6.45, 7) is 0. The predicted octanol–water partition coefficient (Wildman–Crippen LogP) is 4.06. The number of hydrogen-bond donors (Lipinski definition) is 3. The van der Waals surface area contributed by atoms with Crippen LogP contribution in [0.4, 0.5) is 0 Å². The van der Waals surface area contributed by atoms with Crippen molar-refractivity contribution in [1.82, 2.24) is 15.7 Å². The van der Waals surface area contributed by atoms with Gasteiger partial charge in [-0.15, -0.1) is 0 Å². The van der Waals surface area contributed by atoms with Gasteiger partial charge in [-0.05, 0) is 43.3 Å². The number of halogens is 1. The molecule has 6 heteroatoms. The molecule has 1 aromatic carbocycles. The zero-order valence-electron chi connectivity index (χ0n) is 12.2. The number of H-pyrrole nitrogens is 1. The predicted molar refractivity (Wildman–Crippen MR) is 99.3 cm³/mol. The maximum Gasteiger partial charge on any atom is 0.187 e. The number of hydrogen-bond acceptors (Lipinski definition) is 2. The number of hydrazone groups is 1. The maximum absolute atomic E-state index is 5.30. The molecule has 4 nitrogen and oxygen atoms in total. The van der Waals surface area contributed by atoms with Crippen molar-refractivity contribution in [1.29, 1.82) is 0 Å². The molecule has 1 fully saturated rings. The summed E-state index contributed by atoms with van der Waals surface area (Å²) in [5, 5.41) is 9.31. The molecule has 1 heterocycles. The van der Waals surface area contributed by atoms with Gasteiger partial charge in [-0.3, -0.25) is 5.43 Å². The van der Waals surface area contributed by atoms with E-state index in [0.29, 0.717) is 11.2 Å². The van der Waals surface area contributed by atoms with Gasteiger partial charge in [-0.1, -0.05) is 35.2 Å². The van der Waals surface area contributed by atoms with Crippen LogP contribution in [0.5, 0.6) is 0 Å². The van der Waals surface area contributed by atoms with E-state index >= 15 is 0 Å². The maximum atomic E-state index is 5.30. The van der Waals surface area contributed by atoms with E-state index in [9.17, 15) is 0 Å². The summed E-state index contributed by atoms with van der Waals surface area (Å²) in [7, 11) is 0. The first-order valence-corrected chi connectivity index (χ1v) is 8.79. The molecule has 0 radical (unpaired) electrons. The summed E-state index contributed by atoms with van der Waals surface area (Å²) in [4.78, 5) is 3.23. The number of nitrogens with zero attached hydrogens (tertiary/aromatic N) is 1. The van der Waals surface area contributed by atoms with Gasteiger partial charge in [0.1, 0.15) is 0 Å². The molecular weight excluding hydrogens is 360 g/mol. The lowest BCUT2D eigenvalue weighted by atomic mass is 9.96. The van der Waals surface area contributed by atoms with Crippen molar-refractivity contribution < 1.29 is 0 Å². The van der Waals surface area contributed by atoms with E-state index in [-0.39, 0.29) is 0 Å². The van der Waals surface area contributed by atoms with Crippen LogP contribution < -0.4 is 10.7 Å². The van der Waals surface area contributed by atoms with Crippen LogP contribution >= 0.6 is 28.1 Å². The fraction of sp³-hybridized carbons (Fsp3) is 0.375. The van der Waals surface area contributed by atoms with Crippen LogP contribution in [0.25, 0.3) is 10.9 Å². The van der Waals surface area contributed by atoms with Crippen molar-refractivity contribution in [3.8, 4) is 0 Å². The van der Waals surface area contributed by atoms with Crippen molar-refractivity contribution in [2.45, 2.75) is 38.1 Å².